The topological polar surface area (TPSA) is 44.4 Å². The molecule has 5 heteroatoms. The molecule has 1 fully saturated rings. The van der Waals surface area contributed by atoms with Crippen molar-refractivity contribution in [2.75, 3.05) is 35.2 Å². The van der Waals surface area contributed by atoms with Crippen LogP contribution in [-0.4, -0.2) is 25.5 Å². The minimum atomic E-state index is -0.00900. The van der Waals surface area contributed by atoms with E-state index in [1.54, 1.807) is 0 Å². The highest BCUT2D eigenvalue weighted by Crippen LogP contribution is 2.22. The second-order valence-electron chi connectivity index (χ2n) is 6.30. The molecule has 1 aliphatic rings. The summed E-state index contributed by atoms with van der Waals surface area (Å²) in [7, 11) is 0. The number of carbonyl (C=O) groups excluding carboxylic acids is 1. The Labute approximate surface area is 154 Å². The van der Waals surface area contributed by atoms with E-state index in [0.29, 0.717) is 18.0 Å². The number of carbonyl (C=O) groups is 1. The molecule has 0 aliphatic carbocycles. The first-order chi connectivity index (χ1) is 12.2. The molecule has 0 bridgehead atoms. The van der Waals surface area contributed by atoms with Gasteiger partial charge in [-0.2, -0.15) is 0 Å². The number of para-hydroxylation sites is 1. The average molecular weight is 358 g/mol. The Bertz CT molecular complexity index is 696. The van der Waals surface area contributed by atoms with Gasteiger partial charge in [0.25, 0.3) is 0 Å². The van der Waals surface area contributed by atoms with Crippen molar-refractivity contribution in [2.24, 2.45) is 0 Å². The zero-order valence-corrected chi connectivity index (χ0v) is 15.1. The van der Waals surface area contributed by atoms with Crippen LogP contribution in [0.25, 0.3) is 0 Å². The van der Waals surface area contributed by atoms with Gasteiger partial charge in [-0.25, -0.2) is 0 Å². The summed E-state index contributed by atoms with van der Waals surface area (Å²) < 4.78 is 0. The van der Waals surface area contributed by atoms with Crippen molar-refractivity contribution in [3.8, 4) is 0 Å². The summed E-state index contributed by atoms with van der Waals surface area (Å²) in [6, 6.07) is 15.7. The lowest BCUT2D eigenvalue weighted by molar-refractivity contribution is -0.115. The molecular weight excluding hydrogens is 334 g/mol. The highest BCUT2D eigenvalue weighted by atomic mass is 35.5. The number of benzene rings is 2. The van der Waals surface area contributed by atoms with E-state index in [0.717, 1.165) is 24.5 Å². The van der Waals surface area contributed by atoms with Crippen LogP contribution in [0, 0.1) is 0 Å². The number of halogens is 1. The zero-order valence-electron chi connectivity index (χ0n) is 14.3. The second kappa shape index (κ2) is 8.77. The third-order valence-corrected chi connectivity index (χ3v) is 4.74. The van der Waals surface area contributed by atoms with Crippen molar-refractivity contribution < 1.29 is 4.79 Å². The Morgan fingerprint density at radius 1 is 1.00 bits per heavy atom. The molecule has 1 heterocycles. The normalized spacial score (nSPS) is 14.2. The largest absolute Gasteiger partial charge is 0.383 e. The first kappa shape index (κ1) is 17.6. The van der Waals surface area contributed by atoms with Crippen LogP contribution in [0.15, 0.2) is 48.5 Å². The summed E-state index contributed by atoms with van der Waals surface area (Å²) in [5.41, 5.74) is 2.92. The van der Waals surface area contributed by atoms with E-state index >= 15 is 0 Å². The van der Waals surface area contributed by atoms with Crippen LogP contribution in [0.4, 0.5) is 17.1 Å². The summed E-state index contributed by atoms with van der Waals surface area (Å²) in [4.78, 5) is 14.5. The van der Waals surface area contributed by atoms with Gasteiger partial charge in [-0.1, -0.05) is 23.7 Å². The quantitative estimate of drug-likeness (QED) is 0.782. The molecule has 0 radical (unpaired) electrons. The first-order valence-electron chi connectivity index (χ1n) is 8.85. The van der Waals surface area contributed by atoms with Crippen molar-refractivity contribution in [3.05, 3.63) is 53.6 Å². The van der Waals surface area contributed by atoms with Gasteiger partial charge >= 0.3 is 0 Å². The number of anilines is 3. The number of hydrogen-bond acceptors (Lipinski definition) is 3. The van der Waals surface area contributed by atoms with Gasteiger partial charge in [0.1, 0.15) is 0 Å². The van der Waals surface area contributed by atoms with Gasteiger partial charge in [0.2, 0.25) is 5.91 Å². The molecule has 3 rings (SSSR count). The summed E-state index contributed by atoms with van der Waals surface area (Å²) >= 11 is 6.08. The molecule has 0 spiro atoms. The van der Waals surface area contributed by atoms with Crippen molar-refractivity contribution >= 4 is 34.6 Å². The van der Waals surface area contributed by atoms with Gasteiger partial charge in [-0.3, -0.25) is 4.79 Å². The van der Waals surface area contributed by atoms with Crippen LogP contribution in [-0.2, 0) is 4.79 Å². The molecule has 1 amide bonds. The van der Waals surface area contributed by atoms with Gasteiger partial charge in [0.15, 0.2) is 0 Å². The molecule has 0 saturated carbocycles. The number of nitrogens with one attached hydrogen (secondary N) is 2. The number of nitrogens with zero attached hydrogens (tertiary/aromatic N) is 1. The highest BCUT2D eigenvalue weighted by Gasteiger charge is 2.11. The Kier molecular flexibility index (Phi) is 6.18. The predicted octanol–water partition coefficient (Wildman–Crippen LogP) is 4.77. The zero-order chi connectivity index (χ0) is 17.5. The Balaban J connectivity index is 1.45. The average Bonchev–Trinajstić information content (AvgIpc) is 2.65. The Hall–Kier alpha value is -2.20. The van der Waals surface area contributed by atoms with Gasteiger partial charge in [0, 0.05) is 37.4 Å². The maximum Gasteiger partial charge on any atom is 0.226 e. The van der Waals surface area contributed by atoms with Gasteiger partial charge in [0.05, 0.1) is 10.7 Å². The van der Waals surface area contributed by atoms with E-state index in [1.807, 2.05) is 36.4 Å². The highest BCUT2D eigenvalue weighted by molar-refractivity contribution is 6.33. The van der Waals surface area contributed by atoms with Crippen LogP contribution in [0.1, 0.15) is 25.7 Å². The molecule has 25 heavy (non-hydrogen) atoms. The van der Waals surface area contributed by atoms with Crippen LogP contribution >= 0.6 is 11.6 Å². The third-order valence-electron chi connectivity index (χ3n) is 4.41. The maximum absolute atomic E-state index is 12.1. The van der Waals surface area contributed by atoms with E-state index in [1.165, 1.54) is 24.9 Å². The fourth-order valence-electron chi connectivity index (χ4n) is 3.05. The molecule has 2 N–H and O–H groups in total. The molecule has 4 nitrogen and oxygen atoms in total. The van der Waals surface area contributed by atoms with Gasteiger partial charge < -0.3 is 15.5 Å². The van der Waals surface area contributed by atoms with Gasteiger partial charge in [-0.15, -0.1) is 0 Å². The second-order valence-corrected chi connectivity index (χ2v) is 6.71. The maximum atomic E-state index is 12.1. The fraction of sp³-hybridized carbons (Fsp3) is 0.350. The Morgan fingerprint density at radius 3 is 2.44 bits per heavy atom. The predicted molar refractivity (Wildman–Crippen MR) is 106 cm³/mol. The first-order valence-corrected chi connectivity index (χ1v) is 9.23. The molecule has 0 atom stereocenters. The van der Waals surface area contributed by atoms with Crippen molar-refractivity contribution in [2.45, 2.75) is 25.7 Å². The van der Waals surface area contributed by atoms with E-state index in [-0.39, 0.29) is 5.91 Å². The van der Waals surface area contributed by atoms with E-state index < -0.39 is 0 Å². The molecule has 0 aromatic heterocycles. The molecule has 1 saturated heterocycles. The van der Waals surface area contributed by atoms with Crippen LogP contribution in [0.3, 0.4) is 0 Å². The fourth-order valence-corrected chi connectivity index (χ4v) is 3.25. The lowest BCUT2D eigenvalue weighted by atomic mass is 10.1. The lowest BCUT2D eigenvalue weighted by Gasteiger charge is -2.28. The Morgan fingerprint density at radius 2 is 1.72 bits per heavy atom. The van der Waals surface area contributed by atoms with Gasteiger partial charge in [-0.05, 0) is 55.7 Å². The molecule has 2 aromatic carbocycles. The monoisotopic (exact) mass is 357 g/mol. The van der Waals surface area contributed by atoms with Crippen molar-refractivity contribution in [1.82, 2.24) is 0 Å². The number of rotatable bonds is 6. The van der Waals surface area contributed by atoms with Crippen LogP contribution in [0.2, 0.25) is 5.02 Å². The summed E-state index contributed by atoms with van der Waals surface area (Å²) in [5, 5.41) is 6.79. The molecular formula is C20H24ClN3O. The third kappa shape index (κ3) is 5.13. The number of hydrogen-bond donors (Lipinski definition) is 2. The molecule has 132 valence electrons. The molecule has 1 aliphatic heterocycles. The minimum Gasteiger partial charge on any atom is -0.383 e. The summed E-state index contributed by atoms with van der Waals surface area (Å²) in [6.07, 6.45) is 4.24. The standard InChI is InChI=1S/C20H24ClN3O/c21-18-6-2-3-7-19(18)22-13-12-20(25)23-16-8-10-17(11-9-16)24-14-4-1-5-15-24/h2-3,6-11,22H,1,4-5,12-15H2,(H,23,25). The summed E-state index contributed by atoms with van der Waals surface area (Å²) in [5.74, 6) is -0.00900. The minimum absolute atomic E-state index is 0.00900. The molecule has 0 unspecified atom stereocenters. The van der Waals surface area contributed by atoms with Crippen molar-refractivity contribution in [3.63, 3.8) is 0 Å². The number of amides is 1. The van der Waals surface area contributed by atoms with E-state index in [4.69, 9.17) is 11.6 Å². The van der Waals surface area contributed by atoms with Crippen molar-refractivity contribution in [1.29, 1.82) is 0 Å². The van der Waals surface area contributed by atoms with Crippen LogP contribution < -0.4 is 15.5 Å². The lowest BCUT2D eigenvalue weighted by Crippen LogP contribution is -2.29. The smallest absolute Gasteiger partial charge is 0.226 e. The summed E-state index contributed by atoms with van der Waals surface area (Å²) in [6.45, 7) is 2.79. The van der Waals surface area contributed by atoms with E-state index in [2.05, 4.69) is 27.7 Å². The number of piperidine rings is 1. The SMILES string of the molecule is O=C(CCNc1ccccc1Cl)Nc1ccc(N2CCCCC2)cc1. The van der Waals surface area contributed by atoms with E-state index in [9.17, 15) is 4.79 Å². The molecule has 2 aromatic rings. The van der Waals surface area contributed by atoms with Crippen LogP contribution in [0.5, 0.6) is 0 Å².